The number of hydrogen-bond acceptors (Lipinski definition) is 3. The van der Waals surface area contributed by atoms with Crippen LogP contribution in [0.15, 0.2) is 57.4 Å². The van der Waals surface area contributed by atoms with E-state index in [0.29, 0.717) is 6.54 Å². The van der Waals surface area contributed by atoms with Crippen LogP contribution in [0.3, 0.4) is 0 Å². The molecule has 21 heavy (non-hydrogen) atoms. The minimum Gasteiger partial charge on any atom is -0.493 e. The third-order valence-corrected chi connectivity index (χ3v) is 3.85. The predicted octanol–water partition coefficient (Wildman–Crippen LogP) is 4.49. The SMILES string of the molecule is COc1cccc2cc(CNCc3ccc(Br)cc3)oc12. The van der Waals surface area contributed by atoms with Gasteiger partial charge in [0.1, 0.15) is 5.76 Å². The smallest absolute Gasteiger partial charge is 0.176 e. The van der Waals surface area contributed by atoms with Gasteiger partial charge in [-0.25, -0.2) is 0 Å². The molecule has 3 rings (SSSR count). The van der Waals surface area contributed by atoms with Crippen molar-refractivity contribution in [3.63, 3.8) is 0 Å². The van der Waals surface area contributed by atoms with Crippen LogP contribution in [0.5, 0.6) is 5.75 Å². The Morgan fingerprint density at radius 1 is 1.10 bits per heavy atom. The minimum absolute atomic E-state index is 0.688. The van der Waals surface area contributed by atoms with Crippen LogP contribution in [-0.2, 0) is 13.1 Å². The molecule has 0 aliphatic heterocycles. The lowest BCUT2D eigenvalue weighted by Gasteiger charge is -2.03. The number of benzene rings is 2. The third kappa shape index (κ3) is 3.28. The molecule has 0 radical (unpaired) electrons. The summed E-state index contributed by atoms with van der Waals surface area (Å²) in [6.45, 7) is 1.50. The van der Waals surface area contributed by atoms with Gasteiger partial charge in [-0.15, -0.1) is 0 Å². The van der Waals surface area contributed by atoms with E-state index in [1.54, 1.807) is 7.11 Å². The highest BCUT2D eigenvalue weighted by Gasteiger charge is 2.08. The van der Waals surface area contributed by atoms with E-state index in [1.165, 1.54) is 5.56 Å². The molecule has 1 heterocycles. The van der Waals surface area contributed by atoms with E-state index in [4.69, 9.17) is 9.15 Å². The van der Waals surface area contributed by atoms with Gasteiger partial charge in [0.05, 0.1) is 13.7 Å². The molecule has 0 bridgehead atoms. The van der Waals surface area contributed by atoms with Gasteiger partial charge in [-0.3, -0.25) is 0 Å². The molecule has 0 aliphatic carbocycles. The Morgan fingerprint density at radius 2 is 1.90 bits per heavy atom. The maximum absolute atomic E-state index is 5.85. The van der Waals surface area contributed by atoms with Gasteiger partial charge in [-0.05, 0) is 29.8 Å². The molecule has 0 saturated carbocycles. The largest absolute Gasteiger partial charge is 0.493 e. The Morgan fingerprint density at radius 3 is 2.67 bits per heavy atom. The Bertz CT molecular complexity index is 734. The zero-order valence-corrected chi connectivity index (χ0v) is 13.3. The molecule has 0 unspecified atom stereocenters. The number of ether oxygens (including phenoxy) is 1. The number of rotatable bonds is 5. The topological polar surface area (TPSA) is 34.4 Å². The average Bonchev–Trinajstić information content (AvgIpc) is 2.92. The van der Waals surface area contributed by atoms with Gasteiger partial charge in [0.15, 0.2) is 11.3 Å². The monoisotopic (exact) mass is 345 g/mol. The van der Waals surface area contributed by atoms with Gasteiger partial charge in [0, 0.05) is 16.4 Å². The van der Waals surface area contributed by atoms with Crippen molar-refractivity contribution >= 4 is 26.9 Å². The maximum Gasteiger partial charge on any atom is 0.176 e. The molecule has 0 spiro atoms. The second-order valence-electron chi connectivity index (χ2n) is 4.82. The molecule has 1 N–H and O–H groups in total. The first-order valence-corrected chi connectivity index (χ1v) is 7.56. The molecule has 4 heteroatoms. The molecule has 0 atom stereocenters. The molecule has 0 fully saturated rings. The summed E-state index contributed by atoms with van der Waals surface area (Å²) >= 11 is 3.44. The fourth-order valence-electron chi connectivity index (χ4n) is 2.27. The summed E-state index contributed by atoms with van der Waals surface area (Å²) < 4.78 is 12.3. The molecule has 0 aliphatic rings. The van der Waals surface area contributed by atoms with Crippen molar-refractivity contribution in [3.8, 4) is 5.75 Å². The van der Waals surface area contributed by atoms with E-state index in [0.717, 1.165) is 33.5 Å². The van der Waals surface area contributed by atoms with Crippen molar-refractivity contribution in [3.05, 3.63) is 64.3 Å². The summed E-state index contributed by atoms with van der Waals surface area (Å²) in [5.74, 6) is 1.68. The lowest BCUT2D eigenvalue weighted by Crippen LogP contribution is -2.11. The standard InChI is InChI=1S/C17H16BrNO2/c1-20-16-4-2-3-13-9-15(21-17(13)16)11-19-10-12-5-7-14(18)8-6-12/h2-9,19H,10-11H2,1H3. The summed E-state index contributed by atoms with van der Waals surface area (Å²) in [7, 11) is 1.66. The highest BCUT2D eigenvalue weighted by molar-refractivity contribution is 9.10. The van der Waals surface area contributed by atoms with Gasteiger partial charge in [0.2, 0.25) is 0 Å². The van der Waals surface area contributed by atoms with E-state index in [1.807, 2.05) is 36.4 Å². The first-order chi connectivity index (χ1) is 10.3. The summed E-state index contributed by atoms with van der Waals surface area (Å²) in [5, 5.41) is 4.45. The molecular weight excluding hydrogens is 330 g/mol. The van der Waals surface area contributed by atoms with Crippen molar-refractivity contribution in [1.82, 2.24) is 5.32 Å². The first-order valence-electron chi connectivity index (χ1n) is 6.77. The molecule has 3 nitrogen and oxygen atoms in total. The van der Waals surface area contributed by atoms with E-state index in [-0.39, 0.29) is 0 Å². The zero-order valence-electron chi connectivity index (χ0n) is 11.7. The van der Waals surface area contributed by atoms with Gasteiger partial charge in [-0.1, -0.05) is 40.2 Å². The third-order valence-electron chi connectivity index (χ3n) is 3.32. The quantitative estimate of drug-likeness (QED) is 0.739. The van der Waals surface area contributed by atoms with Crippen LogP contribution in [0.1, 0.15) is 11.3 Å². The van der Waals surface area contributed by atoms with Crippen molar-refractivity contribution < 1.29 is 9.15 Å². The van der Waals surface area contributed by atoms with E-state index < -0.39 is 0 Å². The molecule has 0 saturated heterocycles. The molecule has 0 amide bonds. The molecule has 1 aromatic heterocycles. The number of fused-ring (bicyclic) bond motifs is 1. The van der Waals surface area contributed by atoms with Crippen LogP contribution < -0.4 is 10.1 Å². The van der Waals surface area contributed by atoms with Crippen molar-refractivity contribution in [1.29, 1.82) is 0 Å². The van der Waals surface area contributed by atoms with Crippen LogP contribution in [0, 0.1) is 0 Å². The number of furan rings is 1. The zero-order chi connectivity index (χ0) is 14.7. The maximum atomic E-state index is 5.85. The van der Waals surface area contributed by atoms with E-state index >= 15 is 0 Å². The molecular formula is C17H16BrNO2. The normalized spacial score (nSPS) is 11.0. The van der Waals surface area contributed by atoms with Gasteiger partial charge in [-0.2, -0.15) is 0 Å². The summed E-state index contributed by atoms with van der Waals surface area (Å²) in [6.07, 6.45) is 0. The Kier molecular flexibility index (Phi) is 4.27. The van der Waals surface area contributed by atoms with E-state index in [2.05, 4.69) is 33.4 Å². The number of halogens is 1. The van der Waals surface area contributed by atoms with Crippen LogP contribution >= 0.6 is 15.9 Å². The highest BCUT2D eigenvalue weighted by atomic mass is 79.9. The van der Waals surface area contributed by atoms with Gasteiger partial charge in [0.25, 0.3) is 0 Å². The van der Waals surface area contributed by atoms with Gasteiger partial charge >= 0.3 is 0 Å². The van der Waals surface area contributed by atoms with Gasteiger partial charge < -0.3 is 14.5 Å². The lowest BCUT2D eigenvalue weighted by atomic mass is 10.2. The second-order valence-corrected chi connectivity index (χ2v) is 5.74. The highest BCUT2D eigenvalue weighted by Crippen LogP contribution is 2.28. The van der Waals surface area contributed by atoms with Crippen LogP contribution in [-0.4, -0.2) is 7.11 Å². The molecule has 2 aromatic carbocycles. The second kappa shape index (κ2) is 6.33. The number of para-hydroxylation sites is 1. The summed E-state index contributed by atoms with van der Waals surface area (Å²) in [6, 6.07) is 16.2. The average molecular weight is 346 g/mol. The number of nitrogens with one attached hydrogen (secondary N) is 1. The fraction of sp³-hybridized carbons (Fsp3) is 0.176. The fourth-order valence-corrected chi connectivity index (χ4v) is 2.53. The molecule has 3 aromatic rings. The minimum atomic E-state index is 0.688. The summed E-state index contributed by atoms with van der Waals surface area (Å²) in [5.41, 5.74) is 2.05. The predicted molar refractivity (Wildman–Crippen MR) is 87.5 cm³/mol. The van der Waals surface area contributed by atoms with Crippen molar-refractivity contribution in [2.75, 3.05) is 7.11 Å². The van der Waals surface area contributed by atoms with Crippen LogP contribution in [0.25, 0.3) is 11.0 Å². The van der Waals surface area contributed by atoms with Crippen molar-refractivity contribution in [2.45, 2.75) is 13.1 Å². The van der Waals surface area contributed by atoms with Crippen LogP contribution in [0.4, 0.5) is 0 Å². The van der Waals surface area contributed by atoms with Crippen LogP contribution in [0.2, 0.25) is 0 Å². The Balaban J connectivity index is 1.66. The number of hydrogen-bond donors (Lipinski definition) is 1. The van der Waals surface area contributed by atoms with E-state index in [9.17, 15) is 0 Å². The Hall–Kier alpha value is -1.78. The first kappa shape index (κ1) is 14.2. The number of methoxy groups -OCH3 is 1. The lowest BCUT2D eigenvalue weighted by molar-refractivity contribution is 0.406. The van der Waals surface area contributed by atoms with Crippen molar-refractivity contribution in [2.24, 2.45) is 0 Å². The molecule has 108 valence electrons. The summed E-state index contributed by atoms with van der Waals surface area (Å²) in [4.78, 5) is 0. The Labute approximate surface area is 132 Å².